The van der Waals surface area contributed by atoms with Gasteiger partial charge in [0.15, 0.2) is 0 Å². The molecule has 0 bridgehead atoms. The van der Waals surface area contributed by atoms with Crippen molar-refractivity contribution < 1.29 is 9.84 Å². The zero-order valence-electron chi connectivity index (χ0n) is 10.8. The van der Waals surface area contributed by atoms with Gasteiger partial charge in [-0.3, -0.25) is 4.90 Å². The van der Waals surface area contributed by atoms with Crippen LogP contribution in [0.4, 0.5) is 0 Å². The van der Waals surface area contributed by atoms with Crippen molar-refractivity contribution >= 4 is 0 Å². The lowest BCUT2D eigenvalue weighted by Gasteiger charge is -2.26. The van der Waals surface area contributed by atoms with Gasteiger partial charge >= 0.3 is 0 Å². The molecule has 1 aliphatic heterocycles. The molecule has 0 aliphatic carbocycles. The van der Waals surface area contributed by atoms with Crippen molar-refractivity contribution in [1.82, 2.24) is 10.2 Å². The molecular weight excluding hydrogens is 228 g/mol. The van der Waals surface area contributed by atoms with Gasteiger partial charge in [-0.2, -0.15) is 0 Å². The number of benzene rings is 1. The van der Waals surface area contributed by atoms with Crippen LogP contribution in [-0.4, -0.2) is 49.4 Å². The van der Waals surface area contributed by atoms with Gasteiger partial charge in [0.1, 0.15) is 0 Å². The second kappa shape index (κ2) is 7.48. The Morgan fingerprint density at radius 3 is 2.44 bits per heavy atom. The molecule has 4 heteroatoms. The van der Waals surface area contributed by atoms with E-state index >= 15 is 0 Å². The number of nitrogens with one attached hydrogen (secondary N) is 1. The summed E-state index contributed by atoms with van der Waals surface area (Å²) in [5, 5.41) is 12.4. The van der Waals surface area contributed by atoms with E-state index in [1.165, 1.54) is 5.56 Å². The number of ether oxygens (including phenoxy) is 1. The first-order valence-corrected chi connectivity index (χ1v) is 6.58. The van der Waals surface area contributed by atoms with E-state index in [4.69, 9.17) is 9.84 Å². The average Bonchev–Trinajstić information content (AvgIpc) is 2.45. The van der Waals surface area contributed by atoms with Gasteiger partial charge in [-0.15, -0.1) is 0 Å². The Labute approximate surface area is 109 Å². The third-order valence-corrected chi connectivity index (χ3v) is 3.24. The molecule has 0 saturated carbocycles. The molecule has 0 atom stereocenters. The minimum atomic E-state index is 0.116. The van der Waals surface area contributed by atoms with Crippen LogP contribution in [0.15, 0.2) is 24.3 Å². The molecule has 18 heavy (non-hydrogen) atoms. The van der Waals surface area contributed by atoms with Gasteiger partial charge in [-0.05, 0) is 11.1 Å². The minimum absolute atomic E-state index is 0.116. The number of hydrogen-bond acceptors (Lipinski definition) is 4. The highest BCUT2D eigenvalue weighted by atomic mass is 16.5. The van der Waals surface area contributed by atoms with Crippen LogP contribution in [0.3, 0.4) is 0 Å². The lowest BCUT2D eigenvalue weighted by Crippen LogP contribution is -2.40. The fourth-order valence-electron chi connectivity index (χ4n) is 2.06. The van der Waals surface area contributed by atoms with Gasteiger partial charge in [-0.25, -0.2) is 0 Å². The van der Waals surface area contributed by atoms with E-state index in [1.54, 1.807) is 0 Å². The SMILES string of the molecule is OCc1ccc(CNCCN2CCOCC2)cc1. The number of aliphatic hydroxyl groups excluding tert-OH is 1. The molecule has 1 aromatic carbocycles. The largest absolute Gasteiger partial charge is 0.392 e. The quantitative estimate of drug-likeness (QED) is 0.726. The summed E-state index contributed by atoms with van der Waals surface area (Å²) >= 11 is 0. The van der Waals surface area contributed by atoms with E-state index in [2.05, 4.69) is 22.3 Å². The van der Waals surface area contributed by atoms with E-state index in [0.29, 0.717) is 0 Å². The van der Waals surface area contributed by atoms with Crippen molar-refractivity contribution in [2.24, 2.45) is 0 Å². The monoisotopic (exact) mass is 250 g/mol. The van der Waals surface area contributed by atoms with Gasteiger partial charge in [0.05, 0.1) is 19.8 Å². The molecule has 1 fully saturated rings. The summed E-state index contributed by atoms with van der Waals surface area (Å²) in [4.78, 5) is 2.42. The molecule has 0 spiro atoms. The molecule has 1 heterocycles. The van der Waals surface area contributed by atoms with Gasteiger partial charge < -0.3 is 15.2 Å². The van der Waals surface area contributed by atoms with Crippen molar-refractivity contribution in [2.45, 2.75) is 13.2 Å². The lowest BCUT2D eigenvalue weighted by atomic mass is 10.1. The molecule has 0 radical (unpaired) electrons. The van der Waals surface area contributed by atoms with E-state index in [1.807, 2.05) is 12.1 Å². The second-order valence-corrected chi connectivity index (χ2v) is 4.61. The molecule has 1 aromatic rings. The van der Waals surface area contributed by atoms with Crippen LogP contribution in [0.2, 0.25) is 0 Å². The Morgan fingerprint density at radius 2 is 1.78 bits per heavy atom. The molecule has 2 N–H and O–H groups in total. The van der Waals surface area contributed by atoms with Crippen molar-refractivity contribution in [1.29, 1.82) is 0 Å². The van der Waals surface area contributed by atoms with E-state index in [0.717, 1.165) is 51.5 Å². The third kappa shape index (κ3) is 4.38. The Hall–Kier alpha value is -0.940. The highest BCUT2D eigenvalue weighted by molar-refractivity contribution is 5.21. The Kier molecular flexibility index (Phi) is 5.61. The number of hydrogen-bond donors (Lipinski definition) is 2. The summed E-state index contributed by atoms with van der Waals surface area (Å²) in [5.74, 6) is 0. The first-order valence-electron chi connectivity index (χ1n) is 6.58. The summed E-state index contributed by atoms with van der Waals surface area (Å²) in [6.07, 6.45) is 0. The summed E-state index contributed by atoms with van der Waals surface area (Å²) in [7, 11) is 0. The predicted molar refractivity (Wildman–Crippen MR) is 71.3 cm³/mol. The maximum atomic E-state index is 8.96. The fraction of sp³-hybridized carbons (Fsp3) is 0.571. The topological polar surface area (TPSA) is 44.7 Å². The highest BCUT2D eigenvalue weighted by Gasteiger charge is 2.08. The molecule has 4 nitrogen and oxygen atoms in total. The maximum absolute atomic E-state index is 8.96. The molecule has 0 unspecified atom stereocenters. The van der Waals surface area contributed by atoms with E-state index in [-0.39, 0.29) is 6.61 Å². The van der Waals surface area contributed by atoms with Gasteiger partial charge in [0, 0.05) is 32.7 Å². The van der Waals surface area contributed by atoms with Gasteiger partial charge in [0.2, 0.25) is 0 Å². The van der Waals surface area contributed by atoms with Crippen LogP contribution < -0.4 is 5.32 Å². The first kappa shape index (κ1) is 13.5. The molecule has 0 aromatic heterocycles. The number of morpholine rings is 1. The number of nitrogens with zero attached hydrogens (tertiary/aromatic N) is 1. The molecule has 100 valence electrons. The van der Waals surface area contributed by atoms with Crippen LogP contribution >= 0.6 is 0 Å². The minimum Gasteiger partial charge on any atom is -0.392 e. The van der Waals surface area contributed by atoms with Crippen molar-refractivity contribution in [3.63, 3.8) is 0 Å². The maximum Gasteiger partial charge on any atom is 0.0681 e. The van der Waals surface area contributed by atoms with E-state index < -0.39 is 0 Å². The van der Waals surface area contributed by atoms with Crippen LogP contribution in [-0.2, 0) is 17.9 Å². The lowest BCUT2D eigenvalue weighted by molar-refractivity contribution is 0.0384. The van der Waals surface area contributed by atoms with Crippen molar-refractivity contribution in [3.8, 4) is 0 Å². The van der Waals surface area contributed by atoms with Crippen LogP contribution in [0.1, 0.15) is 11.1 Å². The average molecular weight is 250 g/mol. The fourth-order valence-corrected chi connectivity index (χ4v) is 2.06. The predicted octanol–water partition coefficient (Wildman–Crippen LogP) is 0.601. The second-order valence-electron chi connectivity index (χ2n) is 4.61. The van der Waals surface area contributed by atoms with E-state index in [9.17, 15) is 0 Å². The van der Waals surface area contributed by atoms with Crippen LogP contribution in [0, 0.1) is 0 Å². The molecule has 2 rings (SSSR count). The van der Waals surface area contributed by atoms with Gasteiger partial charge in [0.25, 0.3) is 0 Å². The Bertz CT molecular complexity index is 334. The third-order valence-electron chi connectivity index (χ3n) is 3.24. The first-order chi connectivity index (χ1) is 8.88. The van der Waals surface area contributed by atoms with Crippen molar-refractivity contribution in [2.75, 3.05) is 39.4 Å². The smallest absolute Gasteiger partial charge is 0.0681 e. The normalized spacial score (nSPS) is 16.9. The number of aliphatic hydroxyl groups is 1. The van der Waals surface area contributed by atoms with Crippen LogP contribution in [0.5, 0.6) is 0 Å². The molecule has 0 amide bonds. The summed E-state index contributed by atoms with van der Waals surface area (Å²) in [6, 6.07) is 8.07. The Balaban J connectivity index is 1.62. The molecular formula is C14H22N2O2. The molecule has 1 saturated heterocycles. The Morgan fingerprint density at radius 1 is 1.11 bits per heavy atom. The van der Waals surface area contributed by atoms with Crippen molar-refractivity contribution in [3.05, 3.63) is 35.4 Å². The zero-order valence-corrected chi connectivity index (χ0v) is 10.8. The summed E-state index contributed by atoms with van der Waals surface area (Å²) < 4.78 is 5.31. The summed E-state index contributed by atoms with van der Waals surface area (Å²) in [6.45, 7) is 6.91. The number of rotatable bonds is 6. The standard InChI is InChI=1S/C14H22N2O2/c17-12-14-3-1-13(2-4-14)11-15-5-6-16-7-9-18-10-8-16/h1-4,15,17H,5-12H2. The van der Waals surface area contributed by atoms with Crippen LogP contribution in [0.25, 0.3) is 0 Å². The van der Waals surface area contributed by atoms with Gasteiger partial charge in [-0.1, -0.05) is 24.3 Å². The summed E-state index contributed by atoms with van der Waals surface area (Å²) in [5.41, 5.74) is 2.22. The zero-order chi connectivity index (χ0) is 12.6. The molecule has 1 aliphatic rings. The highest BCUT2D eigenvalue weighted by Crippen LogP contribution is 2.03.